The third-order valence-corrected chi connectivity index (χ3v) is 3.57. The molecule has 3 heteroatoms. The molecule has 0 amide bonds. The molecule has 0 spiro atoms. The molecule has 2 aromatic carbocycles. The van der Waals surface area contributed by atoms with E-state index in [1.54, 1.807) is 0 Å². The van der Waals surface area contributed by atoms with Crippen LogP contribution in [-0.4, -0.2) is 15.8 Å². The van der Waals surface area contributed by atoms with Crippen LogP contribution < -0.4 is 0 Å². The summed E-state index contributed by atoms with van der Waals surface area (Å²) in [6.45, 7) is 2.08. The van der Waals surface area contributed by atoms with Crippen LogP contribution in [-0.2, 0) is 4.43 Å². The van der Waals surface area contributed by atoms with Crippen LogP contribution in [0.3, 0.4) is 0 Å². The summed E-state index contributed by atoms with van der Waals surface area (Å²) >= 11 is 0. The highest BCUT2D eigenvalue weighted by molar-refractivity contribution is 6.25. The van der Waals surface area contributed by atoms with Crippen molar-refractivity contribution in [3.8, 4) is 0 Å². The van der Waals surface area contributed by atoms with Gasteiger partial charge in [-0.1, -0.05) is 48.0 Å². The summed E-state index contributed by atoms with van der Waals surface area (Å²) in [6, 6.07) is 18.4. The van der Waals surface area contributed by atoms with Crippen LogP contribution in [0.25, 0.3) is 5.76 Å². The number of hydrogen-bond donors (Lipinski definition) is 0. The largest absolute Gasteiger partial charge is 1.03 e. The highest BCUT2D eigenvalue weighted by Crippen LogP contribution is 2.20. The zero-order valence-electron chi connectivity index (χ0n) is 10.6. The van der Waals surface area contributed by atoms with Gasteiger partial charge in [0.25, 0.3) is 0 Å². The van der Waals surface area contributed by atoms with E-state index in [2.05, 4.69) is 31.2 Å². The lowest BCUT2D eigenvalue weighted by Gasteiger charge is -2.07. The van der Waals surface area contributed by atoms with Gasteiger partial charge in [0, 0.05) is 5.56 Å². The molecule has 0 saturated carbocycles. The molecule has 0 N–H and O–H groups in total. The van der Waals surface area contributed by atoms with Crippen LogP contribution in [0.15, 0.2) is 60.7 Å². The van der Waals surface area contributed by atoms with Crippen molar-refractivity contribution in [2.45, 2.75) is 6.92 Å². The van der Waals surface area contributed by atoms with Gasteiger partial charge in [-0.3, -0.25) is 0 Å². The molecule has 19 heavy (non-hydrogen) atoms. The second-order valence-corrected chi connectivity index (χ2v) is 4.97. The Balaban J connectivity index is 1.94. The van der Waals surface area contributed by atoms with Gasteiger partial charge in [0.15, 0.2) is 0 Å². The van der Waals surface area contributed by atoms with Crippen molar-refractivity contribution >= 4 is 21.5 Å². The van der Waals surface area contributed by atoms with E-state index >= 15 is 0 Å². The second kappa shape index (κ2) is 5.24. The molecule has 1 aliphatic rings. The SMILES string of the molecule is Cc1ccc(C2=CC(c3ccccc3)=[O+][Si]O2)cc1. The van der Waals surface area contributed by atoms with Gasteiger partial charge in [0.1, 0.15) is 5.76 Å². The first kappa shape index (κ1) is 11.9. The highest BCUT2D eigenvalue weighted by Gasteiger charge is 2.27. The molecule has 0 fully saturated rings. The molecule has 0 saturated heterocycles. The Morgan fingerprint density at radius 1 is 0.895 bits per heavy atom. The average molecular weight is 265 g/mol. The summed E-state index contributed by atoms with van der Waals surface area (Å²) in [5, 5.41) is 0. The third kappa shape index (κ3) is 2.66. The molecule has 0 unspecified atom stereocenters. The van der Waals surface area contributed by atoms with Gasteiger partial charge in [0.2, 0.25) is 0 Å². The fraction of sp³-hybridized carbons (Fsp3) is 0.0625. The highest BCUT2D eigenvalue weighted by atomic mass is 28.2. The van der Waals surface area contributed by atoms with Gasteiger partial charge in [0.05, 0.1) is 11.6 Å². The molecule has 2 aromatic rings. The van der Waals surface area contributed by atoms with Crippen LogP contribution in [0, 0.1) is 6.92 Å². The zero-order chi connectivity index (χ0) is 13.1. The van der Waals surface area contributed by atoms with Crippen LogP contribution in [0.2, 0.25) is 0 Å². The Morgan fingerprint density at radius 2 is 1.63 bits per heavy atom. The number of carbonyl (C=O) groups excluding carboxylic acids is 1. The number of hydrogen-bond acceptors (Lipinski definition) is 1. The van der Waals surface area contributed by atoms with Crippen molar-refractivity contribution in [1.82, 2.24) is 0 Å². The minimum Gasteiger partial charge on any atom is -0.460 e. The maximum absolute atomic E-state index is 5.60. The molecule has 0 atom stereocenters. The lowest BCUT2D eigenvalue weighted by atomic mass is 10.1. The Morgan fingerprint density at radius 3 is 2.37 bits per heavy atom. The fourth-order valence-corrected chi connectivity index (χ4v) is 2.47. The van der Waals surface area contributed by atoms with Crippen LogP contribution in [0.4, 0.5) is 0 Å². The Bertz CT molecular complexity index is 628. The van der Waals surface area contributed by atoms with E-state index in [0.717, 1.165) is 22.7 Å². The maximum Gasteiger partial charge on any atom is 1.03 e. The summed E-state index contributed by atoms with van der Waals surface area (Å²) in [5.41, 5.74) is 3.39. The molecule has 1 aliphatic heterocycles. The minimum absolute atomic E-state index is 0.00532. The molecular formula is C16H13O2Si+. The topological polar surface area (TPSA) is 20.5 Å². The van der Waals surface area contributed by atoms with Crippen molar-refractivity contribution in [3.63, 3.8) is 0 Å². The summed E-state index contributed by atoms with van der Waals surface area (Å²) in [5.74, 6) is 1.73. The molecular weight excluding hydrogens is 252 g/mol. The van der Waals surface area contributed by atoms with Crippen molar-refractivity contribution in [1.29, 1.82) is 0 Å². The van der Waals surface area contributed by atoms with Crippen molar-refractivity contribution < 1.29 is 8.54 Å². The molecule has 0 aliphatic carbocycles. The van der Waals surface area contributed by atoms with Gasteiger partial charge < -0.3 is 8.54 Å². The van der Waals surface area contributed by atoms with E-state index in [9.17, 15) is 0 Å². The molecule has 0 bridgehead atoms. The third-order valence-electron chi connectivity index (χ3n) is 2.96. The number of ketones is 1. The van der Waals surface area contributed by atoms with E-state index in [4.69, 9.17) is 8.54 Å². The van der Waals surface area contributed by atoms with Gasteiger partial charge in [-0.25, -0.2) is 0 Å². The molecule has 92 valence electrons. The van der Waals surface area contributed by atoms with Crippen molar-refractivity contribution in [3.05, 3.63) is 77.4 Å². The Hall–Kier alpha value is -2.13. The summed E-state index contributed by atoms with van der Waals surface area (Å²) < 4.78 is 11.2. The molecule has 3 rings (SSSR count). The lowest BCUT2D eigenvalue weighted by molar-refractivity contribution is -0.101. The predicted molar refractivity (Wildman–Crippen MR) is 76.8 cm³/mol. The monoisotopic (exact) mass is 265 g/mol. The van der Waals surface area contributed by atoms with Gasteiger partial charge in [-0.2, -0.15) is 0 Å². The molecule has 2 radical (unpaired) electrons. The first-order chi connectivity index (χ1) is 9.33. The summed E-state index contributed by atoms with van der Waals surface area (Å²) in [6.07, 6.45) is 1.95. The summed E-state index contributed by atoms with van der Waals surface area (Å²) in [7, 11) is 0.00532. The Labute approximate surface area is 115 Å². The standard InChI is InChI=1S/C16H13O2Si/c1-12-7-9-14(10-8-12)16-11-15(17-19-18-16)13-5-3-2-4-6-13/h2-11H,1H3/q+1. The van der Waals surface area contributed by atoms with Crippen LogP contribution >= 0.6 is 0 Å². The van der Waals surface area contributed by atoms with Crippen LogP contribution in [0.1, 0.15) is 20.8 Å². The second-order valence-electron chi connectivity index (χ2n) is 4.39. The van der Waals surface area contributed by atoms with Crippen molar-refractivity contribution in [2.75, 3.05) is 0 Å². The first-order valence-electron chi connectivity index (χ1n) is 6.13. The van der Waals surface area contributed by atoms with Gasteiger partial charge in [-0.05, 0) is 19.1 Å². The first-order valence-corrected chi connectivity index (χ1v) is 6.94. The van der Waals surface area contributed by atoms with Gasteiger partial charge >= 0.3 is 15.8 Å². The fourth-order valence-electron chi connectivity index (χ4n) is 1.89. The van der Waals surface area contributed by atoms with E-state index < -0.39 is 0 Å². The number of aryl methyl sites for hydroxylation is 1. The minimum atomic E-state index is 0.00532. The van der Waals surface area contributed by atoms with E-state index in [-0.39, 0.29) is 10.0 Å². The Kier molecular flexibility index (Phi) is 3.29. The number of rotatable bonds is 2. The predicted octanol–water partition coefficient (Wildman–Crippen LogP) is 3.32. The van der Waals surface area contributed by atoms with E-state index in [1.807, 2.05) is 36.4 Å². The van der Waals surface area contributed by atoms with E-state index in [0.29, 0.717) is 0 Å². The normalized spacial score (nSPS) is 14.4. The smallest absolute Gasteiger partial charge is 0.460 e. The van der Waals surface area contributed by atoms with Crippen molar-refractivity contribution in [2.24, 2.45) is 0 Å². The number of benzene rings is 2. The lowest BCUT2D eigenvalue weighted by Crippen LogP contribution is -2.11. The van der Waals surface area contributed by atoms with E-state index in [1.165, 1.54) is 5.56 Å². The van der Waals surface area contributed by atoms with Gasteiger partial charge in [-0.15, -0.1) is 0 Å². The zero-order valence-corrected chi connectivity index (χ0v) is 11.6. The van der Waals surface area contributed by atoms with Crippen LogP contribution in [0.5, 0.6) is 0 Å². The quantitative estimate of drug-likeness (QED) is 0.602. The molecule has 1 heterocycles. The molecule has 2 nitrogen and oxygen atoms in total. The average Bonchev–Trinajstić information content (AvgIpc) is 2.49. The number of allylic oxidation sites excluding steroid dienone is 1. The maximum atomic E-state index is 5.60. The molecule has 0 aromatic heterocycles. The summed E-state index contributed by atoms with van der Waals surface area (Å²) in [4.78, 5) is 0.